The first-order valence-electron chi connectivity index (χ1n) is 6.45. The van der Waals surface area contributed by atoms with E-state index >= 15 is 0 Å². The molecule has 2 aromatic carbocycles. The summed E-state index contributed by atoms with van der Waals surface area (Å²) >= 11 is 6.08. The first-order chi connectivity index (χ1) is 10.1. The highest BCUT2D eigenvalue weighted by Gasteiger charge is 2.12. The van der Waals surface area contributed by atoms with Gasteiger partial charge in [0.1, 0.15) is 5.75 Å². The Morgan fingerprint density at radius 3 is 2.67 bits per heavy atom. The first kappa shape index (κ1) is 15.3. The molecule has 21 heavy (non-hydrogen) atoms. The van der Waals surface area contributed by atoms with E-state index in [4.69, 9.17) is 22.1 Å². The summed E-state index contributed by atoms with van der Waals surface area (Å²) in [4.78, 5) is 10.5. The van der Waals surface area contributed by atoms with Crippen LogP contribution < -0.4 is 10.5 Å². The van der Waals surface area contributed by atoms with Crippen molar-refractivity contribution in [2.45, 2.75) is 13.0 Å². The second-order valence-corrected chi connectivity index (χ2v) is 4.86. The third-order valence-electron chi connectivity index (χ3n) is 3.05. The Hall–Kier alpha value is -2.11. The molecule has 5 nitrogen and oxygen atoms in total. The fourth-order valence-electron chi connectivity index (χ4n) is 1.96. The number of nitro groups is 1. The first-order valence-corrected chi connectivity index (χ1v) is 6.83. The van der Waals surface area contributed by atoms with Gasteiger partial charge in [-0.1, -0.05) is 35.9 Å². The summed E-state index contributed by atoms with van der Waals surface area (Å²) in [5.74, 6) is 0.549. The molecule has 0 saturated heterocycles. The lowest BCUT2D eigenvalue weighted by Crippen LogP contribution is -2.04. The zero-order valence-electron chi connectivity index (χ0n) is 11.3. The van der Waals surface area contributed by atoms with E-state index < -0.39 is 4.92 Å². The molecule has 2 aromatic rings. The molecule has 0 bridgehead atoms. The Bertz CT molecular complexity index is 647. The molecule has 0 atom stereocenters. The molecule has 0 fully saturated rings. The average Bonchev–Trinajstić information content (AvgIpc) is 2.49. The molecule has 2 N–H and O–H groups in total. The molecule has 0 aromatic heterocycles. The number of halogens is 1. The van der Waals surface area contributed by atoms with Crippen molar-refractivity contribution >= 4 is 17.3 Å². The Morgan fingerprint density at radius 1 is 1.24 bits per heavy atom. The van der Waals surface area contributed by atoms with Crippen LogP contribution in [0.2, 0.25) is 5.02 Å². The van der Waals surface area contributed by atoms with Gasteiger partial charge in [-0.3, -0.25) is 10.1 Å². The molecule has 0 aliphatic heterocycles. The van der Waals surface area contributed by atoms with E-state index in [-0.39, 0.29) is 5.69 Å². The van der Waals surface area contributed by atoms with Crippen molar-refractivity contribution in [2.24, 2.45) is 5.73 Å². The summed E-state index contributed by atoms with van der Waals surface area (Å²) in [5, 5.41) is 11.4. The van der Waals surface area contributed by atoms with Gasteiger partial charge in [0.05, 0.1) is 16.6 Å². The van der Waals surface area contributed by atoms with Gasteiger partial charge in [-0.25, -0.2) is 0 Å². The van der Waals surface area contributed by atoms with Crippen molar-refractivity contribution in [1.29, 1.82) is 0 Å². The van der Waals surface area contributed by atoms with Crippen LogP contribution in [0.15, 0.2) is 42.5 Å². The van der Waals surface area contributed by atoms with E-state index in [0.717, 1.165) is 5.56 Å². The molecule has 0 aliphatic carbocycles. The zero-order valence-corrected chi connectivity index (χ0v) is 12.0. The molecule has 0 unspecified atom stereocenters. The summed E-state index contributed by atoms with van der Waals surface area (Å²) < 4.78 is 5.58. The van der Waals surface area contributed by atoms with Crippen LogP contribution in [-0.4, -0.2) is 11.5 Å². The molecule has 0 heterocycles. The minimum Gasteiger partial charge on any atom is -0.492 e. The maximum absolute atomic E-state index is 10.9. The second kappa shape index (κ2) is 7.06. The molecule has 0 radical (unpaired) electrons. The largest absolute Gasteiger partial charge is 0.492 e. The van der Waals surface area contributed by atoms with Gasteiger partial charge >= 0.3 is 0 Å². The van der Waals surface area contributed by atoms with Crippen molar-refractivity contribution in [2.75, 3.05) is 6.61 Å². The van der Waals surface area contributed by atoms with E-state index in [0.29, 0.717) is 35.9 Å². The summed E-state index contributed by atoms with van der Waals surface area (Å²) in [7, 11) is 0. The van der Waals surface area contributed by atoms with Crippen molar-refractivity contribution in [1.82, 2.24) is 0 Å². The summed E-state index contributed by atoms with van der Waals surface area (Å²) in [6.07, 6.45) is 0.437. The number of rotatable bonds is 6. The monoisotopic (exact) mass is 306 g/mol. The highest BCUT2D eigenvalue weighted by Crippen LogP contribution is 2.26. The van der Waals surface area contributed by atoms with Crippen LogP contribution in [-0.2, 0) is 13.0 Å². The van der Waals surface area contributed by atoms with Gasteiger partial charge in [0.25, 0.3) is 5.69 Å². The van der Waals surface area contributed by atoms with Crippen LogP contribution in [0.4, 0.5) is 5.69 Å². The Kier molecular flexibility index (Phi) is 5.14. The number of para-hydroxylation sites is 1. The predicted molar refractivity (Wildman–Crippen MR) is 81.6 cm³/mol. The van der Waals surface area contributed by atoms with Crippen molar-refractivity contribution in [3.8, 4) is 5.75 Å². The minimum absolute atomic E-state index is 0.102. The number of hydrogen-bond donors (Lipinski definition) is 1. The van der Waals surface area contributed by atoms with Gasteiger partial charge in [0.2, 0.25) is 0 Å². The predicted octanol–water partition coefficient (Wildman–Crippen LogP) is 3.33. The number of nitrogens with two attached hydrogens (primary N) is 1. The highest BCUT2D eigenvalue weighted by atomic mass is 35.5. The molecular weight excluding hydrogens is 292 g/mol. The van der Waals surface area contributed by atoms with E-state index in [1.807, 2.05) is 6.07 Å². The van der Waals surface area contributed by atoms with Crippen LogP contribution in [0.3, 0.4) is 0 Å². The van der Waals surface area contributed by atoms with Gasteiger partial charge < -0.3 is 10.5 Å². The van der Waals surface area contributed by atoms with Gasteiger partial charge in [0.15, 0.2) is 0 Å². The minimum atomic E-state index is -0.391. The number of hydrogen-bond acceptors (Lipinski definition) is 4. The molecule has 0 aliphatic rings. The Balaban J connectivity index is 2.00. The van der Waals surface area contributed by atoms with Crippen molar-refractivity contribution < 1.29 is 9.66 Å². The Labute approximate surface area is 127 Å². The number of ether oxygens (including phenoxy) is 1. The van der Waals surface area contributed by atoms with Crippen LogP contribution in [0.5, 0.6) is 5.75 Å². The highest BCUT2D eigenvalue weighted by molar-refractivity contribution is 6.32. The molecule has 6 heteroatoms. The fraction of sp³-hybridized carbons (Fsp3) is 0.200. The molecule has 0 amide bonds. The van der Waals surface area contributed by atoms with Crippen LogP contribution in [0.1, 0.15) is 11.1 Å². The van der Waals surface area contributed by atoms with E-state index in [2.05, 4.69) is 0 Å². The van der Waals surface area contributed by atoms with E-state index in [1.54, 1.807) is 30.3 Å². The van der Waals surface area contributed by atoms with E-state index in [1.165, 1.54) is 6.07 Å². The number of nitrogens with zero attached hydrogens (tertiary/aromatic N) is 1. The molecular formula is C15H15ClN2O3. The van der Waals surface area contributed by atoms with Crippen LogP contribution in [0.25, 0.3) is 0 Å². The molecule has 110 valence electrons. The number of nitro benzene ring substituents is 1. The van der Waals surface area contributed by atoms with Crippen molar-refractivity contribution in [3.63, 3.8) is 0 Å². The normalized spacial score (nSPS) is 10.4. The summed E-state index contributed by atoms with van der Waals surface area (Å²) in [6, 6.07) is 12.0. The van der Waals surface area contributed by atoms with Crippen molar-refractivity contribution in [3.05, 3.63) is 68.7 Å². The maximum atomic E-state index is 10.9. The quantitative estimate of drug-likeness (QED) is 0.656. The lowest BCUT2D eigenvalue weighted by atomic mass is 10.1. The third-order valence-corrected chi connectivity index (χ3v) is 3.34. The van der Waals surface area contributed by atoms with Crippen LogP contribution >= 0.6 is 11.6 Å². The zero-order chi connectivity index (χ0) is 15.2. The number of benzene rings is 2. The lowest BCUT2D eigenvalue weighted by molar-refractivity contribution is -0.385. The maximum Gasteiger partial charge on any atom is 0.272 e. The third kappa shape index (κ3) is 3.93. The topological polar surface area (TPSA) is 78.4 Å². The molecule has 2 rings (SSSR count). The van der Waals surface area contributed by atoms with Gasteiger partial charge in [0, 0.05) is 24.6 Å². The summed E-state index contributed by atoms with van der Waals surface area (Å²) in [5.41, 5.74) is 7.19. The lowest BCUT2D eigenvalue weighted by Gasteiger charge is -2.09. The van der Waals surface area contributed by atoms with E-state index in [9.17, 15) is 10.1 Å². The van der Waals surface area contributed by atoms with Gasteiger partial charge in [-0.05, 0) is 17.7 Å². The van der Waals surface area contributed by atoms with Gasteiger partial charge in [-0.15, -0.1) is 0 Å². The van der Waals surface area contributed by atoms with Gasteiger partial charge in [-0.2, -0.15) is 0 Å². The smallest absolute Gasteiger partial charge is 0.272 e. The second-order valence-electron chi connectivity index (χ2n) is 4.45. The Morgan fingerprint density at radius 2 is 2.00 bits per heavy atom. The summed E-state index contributed by atoms with van der Waals surface area (Å²) in [6.45, 7) is 0.725. The standard InChI is InChI=1S/C15H15ClN2O3/c16-13-9-11(10-17)5-6-15(13)21-8-7-12-3-1-2-4-14(12)18(19)20/h1-6,9H,7-8,10,17H2. The van der Waals surface area contributed by atoms with Crippen LogP contribution in [0, 0.1) is 10.1 Å². The SMILES string of the molecule is NCc1ccc(OCCc2ccccc2[N+](=O)[O-])c(Cl)c1. The molecule has 0 saturated carbocycles. The fourth-order valence-corrected chi connectivity index (χ4v) is 2.22. The average molecular weight is 307 g/mol. The molecule has 0 spiro atoms.